The molecule has 118 valence electrons. The molecule has 0 amide bonds. The fourth-order valence-corrected chi connectivity index (χ4v) is 5.18. The van der Waals surface area contributed by atoms with Gasteiger partial charge in [0.2, 0.25) is 0 Å². The molecule has 2 heterocycles. The number of benzene rings is 1. The molecule has 0 N–H and O–H groups in total. The summed E-state index contributed by atoms with van der Waals surface area (Å²) in [5.74, 6) is 0. The van der Waals surface area contributed by atoms with Crippen molar-refractivity contribution in [3.8, 4) is 24.3 Å². The first-order valence-electron chi connectivity index (χ1n) is 7.43. The second-order valence-corrected chi connectivity index (χ2v) is 7.75. The Labute approximate surface area is 152 Å². The molecular weight excluding hydrogens is 348 g/mol. The maximum Gasteiger partial charge on any atom is 0.138 e. The third kappa shape index (κ3) is 2.46. The number of aryl methyl sites for hydroxylation is 2. The van der Waals surface area contributed by atoms with Crippen molar-refractivity contribution in [3.05, 3.63) is 32.3 Å². The number of rotatable bonds is 1. The maximum absolute atomic E-state index is 9.45. The second kappa shape index (κ2) is 6.39. The molecule has 0 atom stereocenters. The van der Waals surface area contributed by atoms with Crippen LogP contribution >= 0.6 is 22.7 Å². The summed E-state index contributed by atoms with van der Waals surface area (Å²) in [5.41, 5.74) is -0.152. The summed E-state index contributed by atoms with van der Waals surface area (Å²) >= 11 is 3.23. The van der Waals surface area contributed by atoms with Gasteiger partial charge in [0.1, 0.15) is 35.4 Å². The standard InChI is InChI=1S/C19H10N4S2/c1-3-13-5-15-17(12(8-22)9-23)16(11(6-20)7-21)14-4-10(2)24-18(14)19(15)25-13/h4-5H,3H2,1-2H3. The van der Waals surface area contributed by atoms with Crippen LogP contribution in [0.1, 0.15) is 16.7 Å². The molecule has 0 fully saturated rings. The van der Waals surface area contributed by atoms with Gasteiger partial charge in [0.05, 0.1) is 9.40 Å². The lowest BCUT2D eigenvalue weighted by atomic mass is 10.0. The number of hydrogen-bond acceptors (Lipinski definition) is 6. The van der Waals surface area contributed by atoms with Crippen molar-refractivity contribution in [3.63, 3.8) is 0 Å². The molecular formula is C19H10N4S2. The Morgan fingerprint density at radius 2 is 1.32 bits per heavy atom. The Morgan fingerprint density at radius 1 is 0.840 bits per heavy atom. The van der Waals surface area contributed by atoms with Gasteiger partial charge in [-0.25, -0.2) is 0 Å². The zero-order valence-electron chi connectivity index (χ0n) is 13.5. The van der Waals surface area contributed by atoms with Crippen LogP contribution in [-0.4, -0.2) is 0 Å². The average Bonchev–Trinajstić information content (AvgIpc) is 3.21. The van der Waals surface area contributed by atoms with Crippen molar-refractivity contribution in [2.75, 3.05) is 0 Å². The summed E-state index contributed by atoms with van der Waals surface area (Å²) in [7, 11) is 0. The summed E-state index contributed by atoms with van der Waals surface area (Å²) in [6, 6.07) is 11.6. The molecule has 0 aliphatic heterocycles. The number of fused-ring (bicyclic) bond motifs is 3. The highest BCUT2D eigenvalue weighted by molar-refractivity contribution is 7.27. The third-order valence-corrected chi connectivity index (χ3v) is 6.42. The van der Waals surface area contributed by atoms with Gasteiger partial charge in [-0.1, -0.05) is 6.92 Å². The highest BCUT2D eigenvalue weighted by atomic mass is 32.1. The quantitative estimate of drug-likeness (QED) is 0.666. The molecule has 0 spiro atoms. The van der Waals surface area contributed by atoms with E-state index < -0.39 is 0 Å². The van der Waals surface area contributed by atoms with Gasteiger partial charge in [-0.3, -0.25) is 0 Å². The first-order chi connectivity index (χ1) is 12.1. The van der Waals surface area contributed by atoms with Gasteiger partial charge in [0.25, 0.3) is 0 Å². The largest absolute Gasteiger partial charge is 0.192 e. The Balaban J connectivity index is 2.93. The van der Waals surface area contributed by atoms with Gasteiger partial charge in [-0.05, 0) is 25.5 Å². The summed E-state index contributed by atoms with van der Waals surface area (Å²) in [6.07, 6.45) is 0.835. The van der Waals surface area contributed by atoms with Crippen LogP contribution in [0.4, 0.5) is 0 Å². The molecule has 0 saturated carbocycles. The summed E-state index contributed by atoms with van der Waals surface area (Å²) in [6.45, 7) is 4.01. The van der Waals surface area contributed by atoms with Crippen molar-refractivity contribution < 1.29 is 0 Å². The first kappa shape index (κ1) is 16.7. The van der Waals surface area contributed by atoms with Crippen LogP contribution in [-0.2, 0) is 6.42 Å². The molecule has 0 saturated heterocycles. The average molecular weight is 358 g/mol. The monoisotopic (exact) mass is 358 g/mol. The third-order valence-electron chi connectivity index (χ3n) is 3.93. The Hall–Kier alpha value is -3.16. The maximum atomic E-state index is 9.45. The lowest BCUT2D eigenvalue weighted by Gasteiger charge is -1.99. The van der Waals surface area contributed by atoms with Gasteiger partial charge in [0.15, 0.2) is 0 Å². The van der Waals surface area contributed by atoms with Crippen molar-refractivity contribution in [2.24, 2.45) is 0 Å². The van der Waals surface area contributed by atoms with Gasteiger partial charge in [0, 0.05) is 31.0 Å². The lowest BCUT2D eigenvalue weighted by Crippen LogP contribution is -2.30. The topological polar surface area (TPSA) is 95.2 Å². The molecule has 4 nitrogen and oxygen atoms in total. The first-order valence-corrected chi connectivity index (χ1v) is 9.06. The summed E-state index contributed by atoms with van der Waals surface area (Å²) in [5, 5.41) is 40.1. The minimum absolute atomic E-state index is 0.0748. The van der Waals surface area contributed by atoms with E-state index in [2.05, 4.69) is 0 Å². The number of nitriles is 4. The summed E-state index contributed by atoms with van der Waals surface area (Å²) < 4.78 is 2.00. The minimum Gasteiger partial charge on any atom is -0.192 e. The van der Waals surface area contributed by atoms with E-state index in [1.807, 2.05) is 50.3 Å². The highest BCUT2D eigenvalue weighted by Gasteiger charge is 2.16. The molecule has 6 heteroatoms. The van der Waals surface area contributed by atoms with E-state index in [1.54, 1.807) is 22.7 Å². The normalized spacial score (nSPS) is 10.0. The zero-order valence-corrected chi connectivity index (χ0v) is 15.1. The Bertz CT molecular complexity index is 1290. The molecule has 0 unspecified atom stereocenters. The van der Waals surface area contributed by atoms with Crippen LogP contribution < -0.4 is 10.4 Å². The van der Waals surface area contributed by atoms with E-state index in [-0.39, 0.29) is 11.1 Å². The second-order valence-electron chi connectivity index (χ2n) is 5.36. The van der Waals surface area contributed by atoms with E-state index in [0.29, 0.717) is 10.4 Å². The number of hydrogen-bond donors (Lipinski definition) is 0. The van der Waals surface area contributed by atoms with Gasteiger partial charge < -0.3 is 0 Å². The van der Waals surface area contributed by atoms with E-state index in [1.165, 1.54) is 0 Å². The molecule has 3 aromatic rings. The van der Waals surface area contributed by atoms with Crippen molar-refractivity contribution in [2.45, 2.75) is 20.3 Å². The van der Waals surface area contributed by atoms with Crippen LogP contribution in [0.2, 0.25) is 0 Å². The lowest BCUT2D eigenvalue weighted by molar-refractivity contribution is 1.19. The van der Waals surface area contributed by atoms with Gasteiger partial charge >= 0.3 is 0 Å². The van der Waals surface area contributed by atoms with Crippen LogP contribution in [0.5, 0.6) is 0 Å². The molecule has 0 bridgehead atoms. The van der Waals surface area contributed by atoms with E-state index in [0.717, 1.165) is 36.3 Å². The molecule has 0 aliphatic rings. The van der Waals surface area contributed by atoms with Crippen molar-refractivity contribution >= 4 is 54.0 Å². The number of nitrogens with zero attached hydrogens (tertiary/aromatic N) is 4. The van der Waals surface area contributed by atoms with E-state index in [4.69, 9.17) is 0 Å². The molecule has 0 aliphatic carbocycles. The number of thiophene rings is 2. The molecule has 3 rings (SSSR count). The van der Waals surface area contributed by atoms with Gasteiger partial charge in [-0.15, -0.1) is 22.7 Å². The Morgan fingerprint density at radius 3 is 1.80 bits per heavy atom. The van der Waals surface area contributed by atoms with Gasteiger partial charge in [-0.2, -0.15) is 21.0 Å². The molecule has 1 aromatic carbocycles. The van der Waals surface area contributed by atoms with E-state index in [9.17, 15) is 21.0 Å². The highest BCUT2D eigenvalue weighted by Crippen LogP contribution is 2.34. The van der Waals surface area contributed by atoms with Crippen molar-refractivity contribution in [1.29, 1.82) is 21.0 Å². The predicted molar refractivity (Wildman–Crippen MR) is 99.8 cm³/mol. The van der Waals surface area contributed by atoms with E-state index >= 15 is 0 Å². The van der Waals surface area contributed by atoms with Crippen LogP contribution in [0, 0.1) is 52.2 Å². The fourth-order valence-electron chi connectivity index (χ4n) is 2.90. The van der Waals surface area contributed by atoms with Crippen LogP contribution in [0.15, 0.2) is 12.1 Å². The molecule has 2 aromatic heterocycles. The van der Waals surface area contributed by atoms with Crippen LogP contribution in [0.25, 0.3) is 31.3 Å². The Kier molecular flexibility index (Phi) is 4.26. The van der Waals surface area contributed by atoms with Crippen molar-refractivity contribution in [1.82, 2.24) is 0 Å². The predicted octanol–water partition coefficient (Wildman–Crippen LogP) is 3.38. The smallest absolute Gasteiger partial charge is 0.138 e. The summed E-state index contributed by atoms with van der Waals surface area (Å²) in [4.78, 5) is 2.18. The van der Waals surface area contributed by atoms with Crippen LogP contribution in [0.3, 0.4) is 0 Å². The minimum atomic E-state index is -0.0769. The fraction of sp³-hybridized carbons (Fsp3) is 0.158. The molecule has 25 heavy (non-hydrogen) atoms. The molecule has 0 radical (unpaired) electrons. The zero-order chi connectivity index (χ0) is 18.1. The SMILES string of the molecule is CCc1cc2c(=C(C#N)C#N)c(=C(C#N)C#N)c3cc(C)sc3c2s1.